The molecule has 0 spiro atoms. The third-order valence-electron chi connectivity index (χ3n) is 5.72. The molecule has 3 aliphatic carbocycles. The lowest BCUT2D eigenvalue weighted by molar-refractivity contribution is 0.174. The van der Waals surface area contributed by atoms with E-state index < -0.39 is 0 Å². The van der Waals surface area contributed by atoms with Crippen molar-refractivity contribution in [1.29, 1.82) is 0 Å². The molecule has 0 aromatic heterocycles. The first-order valence-electron chi connectivity index (χ1n) is 7.01. The summed E-state index contributed by atoms with van der Waals surface area (Å²) in [6.07, 6.45) is 11.4. The maximum absolute atomic E-state index is 4.05. The lowest BCUT2D eigenvalue weighted by Crippen LogP contribution is -2.28. The van der Waals surface area contributed by atoms with Gasteiger partial charge in [0, 0.05) is 0 Å². The largest absolute Gasteiger partial charge is 0.103 e. The van der Waals surface area contributed by atoms with Gasteiger partial charge < -0.3 is 0 Å². The Labute approximate surface area is 99.8 Å². The number of rotatable bonds is 2. The topological polar surface area (TPSA) is 0 Å². The summed E-state index contributed by atoms with van der Waals surface area (Å²) in [5.41, 5.74) is 0. The van der Waals surface area contributed by atoms with E-state index in [9.17, 15) is 0 Å². The highest BCUT2D eigenvalue weighted by molar-refractivity contribution is 5.13. The van der Waals surface area contributed by atoms with Gasteiger partial charge in [0.1, 0.15) is 0 Å². The molecule has 0 aromatic rings. The highest BCUT2D eigenvalue weighted by Crippen LogP contribution is 2.64. The van der Waals surface area contributed by atoms with Gasteiger partial charge in [0.15, 0.2) is 0 Å². The minimum Gasteiger partial charge on any atom is -0.103 e. The first-order chi connectivity index (χ1) is 7.76. The van der Waals surface area contributed by atoms with Crippen molar-refractivity contribution in [2.45, 2.75) is 33.1 Å². The molecule has 7 atom stereocenters. The molecule has 3 saturated carbocycles. The predicted octanol–water partition coefficient (Wildman–Crippen LogP) is 4.29. The van der Waals surface area contributed by atoms with Crippen LogP contribution in [0.3, 0.4) is 0 Å². The van der Waals surface area contributed by atoms with Crippen molar-refractivity contribution in [3.8, 4) is 0 Å². The smallest absolute Gasteiger partial charge is 0.0197 e. The van der Waals surface area contributed by atoms with E-state index in [4.69, 9.17) is 0 Å². The van der Waals surface area contributed by atoms with E-state index in [0.717, 1.165) is 41.4 Å². The summed E-state index contributed by atoms with van der Waals surface area (Å²) < 4.78 is 0. The van der Waals surface area contributed by atoms with Crippen LogP contribution in [0.15, 0.2) is 24.8 Å². The van der Waals surface area contributed by atoms with Gasteiger partial charge in [0.2, 0.25) is 0 Å². The van der Waals surface area contributed by atoms with Crippen LogP contribution < -0.4 is 0 Å². The Morgan fingerprint density at radius 1 is 1.06 bits per heavy atom. The zero-order chi connectivity index (χ0) is 11.3. The maximum Gasteiger partial charge on any atom is -0.0197 e. The molecule has 0 heterocycles. The van der Waals surface area contributed by atoms with Crippen LogP contribution in [0.25, 0.3) is 0 Å². The van der Waals surface area contributed by atoms with Crippen molar-refractivity contribution in [3.63, 3.8) is 0 Å². The average molecular weight is 216 g/mol. The molecule has 0 saturated heterocycles. The normalized spacial score (nSPS) is 54.8. The lowest BCUT2D eigenvalue weighted by atomic mass is 9.71. The molecular weight excluding hydrogens is 192 g/mol. The summed E-state index contributed by atoms with van der Waals surface area (Å²) in [7, 11) is 0. The Balaban J connectivity index is 1.88. The van der Waals surface area contributed by atoms with Crippen molar-refractivity contribution >= 4 is 0 Å². The third-order valence-corrected chi connectivity index (χ3v) is 5.72. The molecule has 3 fully saturated rings. The number of hydrogen-bond acceptors (Lipinski definition) is 0. The fraction of sp³-hybridized carbons (Fsp3) is 0.750. The van der Waals surface area contributed by atoms with Gasteiger partial charge in [-0.2, -0.15) is 0 Å². The molecule has 0 N–H and O–H groups in total. The van der Waals surface area contributed by atoms with Crippen LogP contribution in [0.4, 0.5) is 0 Å². The fourth-order valence-electron chi connectivity index (χ4n) is 5.42. The van der Waals surface area contributed by atoms with Crippen molar-refractivity contribution < 1.29 is 0 Å². The Kier molecular flexibility index (Phi) is 2.49. The van der Waals surface area contributed by atoms with E-state index in [1.807, 2.05) is 0 Å². The molecule has 0 aromatic carbocycles. The molecule has 0 amide bonds. The van der Waals surface area contributed by atoms with Crippen molar-refractivity contribution in [3.05, 3.63) is 24.8 Å². The molecule has 2 bridgehead atoms. The van der Waals surface area contributed by atoms with Gasteiger partial charge in [-0.1, -0.05) is 25.2 Å². The molecule has 0 aliphatic heterocycles. The summed E-state index contributed by atoms with van der Waals surface area (Å²) in [4.78, 5) is 0. The first kappa shape index (κ1) is 10.6. The summed E-state index contributed by atoms with van der Waals surface area (Å²) >= 11 is 0. The number of fused-ring (bicyclic) bond motifs is 5. The zero-order valence-electron chi connectivity index (χ0n) is 10.6. The number of allylic oxidation sites excluding steroid dienone is 3. The van der Waals surface area contributed by atoms with Crippen molar-refractivity contribution in [2.24, 2.45) is 41.4 Å². The molecule has 0 heteroatoms. The van der Waals surface area contributed by atoms with Gasteiger partial charge >= 0.3 is 0 Å². The molecule has 0 nitrogen and oxygen atoms in total. The van der Waals surface area contributed by atoms with Crippen LogP contribution in [-0.4, -0.2) is 0 Å². The predicted molar refractivity (Wildman–Crippen MR) is 69.0 cm³/mol. The summed E-state index contributed by atoms with van der Waals surface area (Å²) in [5, 5.41) is 0. The first-order valence-corrected chi connectivity index (χ1v) is 7.01. The summed E-state index contributed by atoms with van der Waals surface area (Å²) in [6.45, 7) is 8.72. The maximum atomic E-state index is 4.05. The Bertz CT molecular complexity index is 314. The van der Waals surface area contributed by atoms with Crippen LogP contribution in [0.2, 0.25) is 0 Å². The monoisotopic (exact) mass is 216 g/mol. The average Bonchev–Trinajstić information content (AvgIpc) is 2.91. The highest BCUT2D eigenvalue weighted by Gasteiger charge is 2.58. The Morgan fingerprint density at radius 3 is 2.56 bits per heavy atom. The molecule has 88 valence electrons. The van der Waals surface area contributed by atoms with Gasteiger partial charge in [-0.15, -0.1) is 6.58 Å². The van der Waals surface area contributed by atoms with Crippen LogP contribution in [0, 0.1) is 41.4 Å². The van der Waals surface area contributed by atoms with Crippen molar-refractivity contribution in [2.75, 3.05) is 0 Å². The Morgan fingerprint density at radius 2 is 1.88 bits per heavy atom. The summed E-state index contributed by atoms with van der Waals surface area (Å²) in [6, 6.07) is 0. The fourth-order valence-corrected chi connectivity index (χ4v) is 5.42. The highest BCUT2D eigenvalue weighted by atomic mass is 14.6. The minimum absolute atomic E-state index is 0.837. The van der Waals surface area contributed by atoms with E-state index >= 15 is 0 Å². The van der Waals surface area contributed by atoms with Gasteiger partial charge in [0.25, 0.3) is 0 Å². The van der Waals surface area contributed by atoms with Gasteiger partial charge in [-0.3, -0.25) is 0 Å². The zero-order valence-corrected chi connectivity index (χ0v) is 10.6. The second-order valence-corrected chi connectivity index (χ2v) is 6.35. The van der Waals surface area contributed by atoms with Gasteiger partial charge in [-0.25, -0.2) is 0 Å². The summed E-state index contributed by atoms with van der Waals surface area (Å²) in [5.74, 6) is 6.72. The number of hydrogen-bond donors (Lipinski definition) is 0. The van der Waals surface area contributed by atoms with E-state index in [-0.39, 0.29) is 0 Å². The van der Waals surface area contributed by atoms with Crippen molar-refractivity contribution in [1.82, 2.24) is 0 Å². The molecular formula is C16H24. The van der Waals surface area contributed by atoms with Crippen LogP contribution in [0.1, 0.15) is 33.1 Å². The molecule has 3 aliphatic rings. The standard InChI is InChI=1S/C16H24/c1-4-6-12-7-10(3)15-13-8-11(5-2)14(9-13)16(12)15/h4-6,10-16H,2,7-9H2,1,3H3. The van der Waals surface area contributed by atoms with Gasteiger partial charge in [-0.05, 0) is 67.6 Å². The molecule has 3 rings (SSSR count). The lowest BCUT2D eigenvalue weighted by Gasteiger charge is -2.33. The van der Waals surface area contributed by atoms with Crippen LogP contribution in [0.5, 0.6) is 0 Å². The van der Waals surface area contributed by atoms with E-state index in [0.29, 0.717) is 0 Å². The third kappa shape index (κ3) is 1.28. The SMILES string of the molecule is C=CC1CC2CC1C1C(C=CC)CC(C)C21. The molecule has 7 unspecified atom stereocenters. The van der Waals surface area contributed by atoms with E-state index in [2.05, 4.69) is 38.7 Å². The van der Waals surface area contributed by atoms with E-state index in [1.165, 1.54) is 19.3 Å². The molecule has 16 heavy (non-hydrogen) atoms. The minimum atomic E-state index is 0.837. The van der Waals surface area contributed by atoms with Crippen LogP contribution >= 0.6 is 0 Å². The Hall–Kier alpha value is -0.520. The van der Waals surface area contributed by atoms with Gasteiger partial charge in [0.05, 0.1) is 0 Å². The second kappa shape index (κ2) is 3.75. The second-order valence-electron chi connectivity index (χ2n) is 6.35. The quantitative estimate of drug-likeness (QED) is 0.604. The van der Waals surface area contributed by atoms with Crippen LogP contribution in [-0.2, 0) is 0 Å². The molecule has 0 radical (unpaired) electrons. The van der Waals surface area contributed by atoms with E-state index in [1.54, 1.807) is 0 Å².